The Balaban J connectivity index is 1.88. The third kappa shape index (κ3) is 4.25. The minimum atomic E-state index is -0.454. The highest BCUT2D eigenvalue weighted by molar-refractivity contribution is 5.98. The van der Waals surface area contributed by atoms with Crippen LogP contribution in [0.15, 0.2) is 12.4 Å². The van der Waals surface area contributed by atoms with Gasteiger partial charge in [0.05, 0.1) is 6.04 Å². The maximum atomic E-state index is 12.3. The maximum absolute atomic E-state index is 12.3. The molecule has 1 amide bonds. The van der Waals surface area contributed by atoms with Crippen LogP contribution in [0.5, 0.6) is 0 Å². The van der Waals surface area contributed by atoms with Crippen LogP contribution in [0, 0.1) is 11.8 Å². The number of carbonyl (C=O) groups excluding carboxylic acids is 2. The summed E-state index contributed by atoms with van der Waals surface area (Å²) < 4.78 is 0. The Kier molecular flexibility index (Phi) is 5.65. The van der Waals surface area contributed by atoms with E-state index in [1.165, 1.54) is 12.4 Å². The summed E-state index contributed by atoms with van der Waals surface area (Å²) in [7, 11) is 0. The third-order valence-electron chi connectivity index (χ3n) is 4.54. The molecule has 0 aliphatic carbocycles. The lowest BCUT2D eigenvalue weighted by atomic mass is 9.82. The summed E-state index contributed by atoms with van der Waals surface area (Å²) in [5, 5.41) is 0. The second-order valence-corrected chi connectivity index (χ2v) is 6.35. The number of aromatic nitrogens is 2. The van der Waals surface area contributed by atoms with Crippen molar-refractivity contribution >= 4 is 17.5 Å². The summed E-state index contributed by atoms with van der Waals surface area (Å²) in [5.41, 5.74) is 11.6. The number of ketones is 1. The fraction of sp³-hybridized carbons (Fsp3) is 0.625. The number of piperidine rings is 1. The fourth-order valence-corrected chi connectivity index (χ4v) is 3.10. The first kappa shape index (κ1) is 17.3. The van der Waals surface area contributed by atoms with Gasteiger partial charge in [-0.05, 0) is 31.6 Å². The topological polar surface area (TPSA) is 115 Å². The first-order valence-corrected chi connectivity index (χ1v) is 8.04. The third-order valence-corrected chi connectivity index (χ3v) is 4.54. The van der Waals surface area contributed by atoms with Gasteiger partial charge in [0.1, 0.15) is 5.69 Å². The molecule has 126 valence electrons. The van der Waals surface area contributed by atoms with Gasteiger partial charge in [-0.1, -0.05) is 6.92 Å². The number of hydrogen-bond donors (Lipinski definition) is 2. The first-order chi connectivity index (χ1) is 10.9. The summed E-state index contributed by atoms with van der Waals surface area (Å²) in [6, 6.07) is -0.454. The summed E-state index contributed by atoms with van der Waals surface area (Å²) >= 11 is 0. The SMILES string of the molecule is CC(CC(=O)c1nccnc1N)C1CCN(C(=O)[C@H](C)N)CC1. The predicted octanol–water partition coefficient (Wildman–Crippen LogP) is 0.854. The van der Waals surface area contributed by atoms with Gasteiger partial charge in [-0.15, -0.1) is 0 Å². The Morgan fingerprint density at radius 3 is 2.43 bits per heavy atom. The molecule has 1 saturated heterocycles. The molecule has 0 saturated carbocycles. The van der Waals surface area contributed by atoms with E-state index in [-0.39, 0.29) is 29.1 Å². The molecule has 0 spiro atoms. The van der Waals surface area contributed by atoms with Gasteiger partial charge in [-0.25, -0.2) is 9.97 Å². The predicted molar refractivity (Wildman–Crippen MR) is 87.5 cm³/mol. The molecule has 23 heavy (non-hydrogen) atoms. The first-order valence-electron chi connectivity index (χ1n) is 8.04. The van der Waals surface area contributed by atoms with Gasteiger partial charge in [0, 0.05) is 31.9 Å². The van der Waals surface area contributed by atoms with E-state index in [4.69, 9.17) is 11.5 Å². The highest BCUT2D eigenvalue weighted by Crippen LogP contribution is 2.28. The van der Waals surface area contributed by atoms with Crippen molar-refractivity contribution in [1.82, 2.24) is 14.9 Å². The number of hydrogen-bond acceptors (Lipinski definition) is 6. The van der Waals surface area contributed by atoms with Crippen LogP contribution in [0.4, 0.5) is 5.82 Å². The van der Waals surface area contributed by atoms with Crippen LogP contribution < -0.4 is 11.5 Å². The van der Waals surface area contributed by atoms with Crippen LogP contribution in [-0.4, -0.2) is 45.7 Å². The van der Waals surface area contributed by atoms with E-state index in [2.05, 4.69) is 16.9 Å². The zero-order valence-corrected chi connectivity index (χ0v) is 13.7. The van der Waals surface area contributed by atoms with E-state index >= 15 is 0 Å². The molecule has 2 rings (SSSR count). The van der Waals surface area contributed by atoms with E-state index in [0.29, 0.717) is 25.4 Å². The Hall–Kier alpha value is -2.02. The number of carbonyl (C=O) groups is 2. The fourth-order valence-electron chi connectivity index (χ4n) is 3.10. The Bertz CT molecular complexity index is 567. The van der Waals surface area contributed by atoms with Crippen LogP contribution in [0.25, 0.3) is 0 Å². The standard InChI is InChI=1S/C16H25N5O2/c1-10(9-13(22)14-15(18)20-6-5-19-14)12-3-7-21(8-4-12)16(23)11(2)17/h5-6,10-12H,3-4,7-9,17H2,1-2H3,(H2,18,20)/t10?,11-/m0/s1. The van der Waals surface area contributed by atoms with Crippen molar-refractivity contribution in [1.29, 1.82) is 0 Å². The minimum absolute atomic E-state index is 0.000451. The summed E-state index contributed by atoms with van der Waals surface area (Å²) in [6.07, 6.45) is 5.13. The highest BCUT2D eigenvalue weighted by Gasteiger charge is 2.29. The minimum Gasteiger partial charge on any atom is -0.382 e. The number of rotatable bonds is 5. The van der Waals surface area contributed by atoms with Gasteiger partial charge in [0.2, 0.25) is 5.91 Å². The number of anilines is 1. The van der Waals surface area contributed by atoms with Crippen molar-refractivity contribution in [3.8, 4) is 0 Å². The maximum Gasteiger partial charge on any atom is 0.239 e. The molecular formula is C16H25N5O2. The molecule has 1 unspecified atom stereocenters. The zero-order valence-electron chi connectivity index (χ0n) is 13.7. The Labute approximate surface area is 136 Å². The van der Waals surface area contributed by atoms with Crippen molar-refractivity contribution in [2.45, 2.75) is 39.2 Å². The molecule has 2 heterocycles. The molecule has 0 radical (unpaired) electrons. The molecule has 1 aromatic rings. The zero-order chi connectivity index (χ0) is 17.0. The Morgan fingerprint density at radius 1 is 1.26 bits per heavy atom. The van der Waals surface area contributed by atoms with E-state index in [1.807, 2.05) is 4.90 Å². The van der Waals surface area contributed by atoms with E-state index in [0.717, 1.165) is 12.8 Å². The normalized spacial score (nSPS) is 18.5. The molecular weight excluding hydrogens is 294 g/mol. The van der Waals surface area contributed by atoms with Gasteiger partial charge in [-0.3, -0.25) is 9.59 Å². The molecule has 1 aliphatic rings. The van der Waals surface area contributed by atoms with Gasteiger partial charge in [0.15, 0.2) is 11.6 Å². The molecule has 0 bridgehead atoms. The van der Waals surface area contributed by atoms with Crippen molar-refractivity contribution in [3.05, 3.63) is 18.1 Å². The average molecular weight is 319 g/mol. The van der Waals surface area contributed by atoms with Crippen LogP contribution in [0.2, 0.25) is 0 Å². The highest BCUT2D eigenvalue weighted by atomic mass is 16.2. The summed E-state index contributed by atoms with van der Waals surface area (Å²) in [5.74, 6) is 0.740. The largest absolute Gasteiger partial charge is 0.382 e. The smallest absolute Gasteiger partial charge is 0.239 e. The Morgan fingerprint density at radius 2 is 1.87 bits per heavy atom. The number of likely N-dealkylation sites (tertiary alicyclic amines) is 1. The van der Waals surface area contributed by atoms with Crippen LogP contribution in [-0.2, 0) is 4.79 Å². The monoisotopic (exact) mass is 319 g/mol. The molecule has 1 aromatic heterocycles. The van der Waals surface area contributed by atoms with Crippen LogP contribution in [0.3, 0.4) is 0 Å². The van der Waals surface area contributed by atoms with Gasteiger partial charge < -0.3 is 16.4 Å². The quantitative estimate of drug-likeness (QED) is 0.778. The molecule has 1 fully saturated rings. The molecule has 2 atom stereocenters. The summed E-state index contributed by atoms with van der Waals surface area (Å²) in [6.45, 7) is 5.19. The van der Waals surface area contributed by atoms with Crippen molar-refractivity contribution in [2.24, 2.45) is 17.6 Å². The van der Waals surface area contributed by atoms with Crippen molar-refractivity contribution in [2.75, 3.05) is 18.8 Å². The molecule has 7 nitrogen and oxygen atoms in total. The lowest BCUT2D eigenvalue weighted by Crippen LogP contribution is -2.46. The molecule has 0 aromatic carbocycles. The van der Waals surface area contributed by atoms with E-state index in [9.17, 15) is 9.59 Å². The molecule has 7 heteroatoms. The number of nitrogens with zero attached hydrogens (tertiary/aromatic N) is 3. The van der Waals surface area contributed by atoms with Gasteiger partial charge >= 0.3 is 0 Å². The van der Waals surface area contributed by atoms with Crippen LogP contribution >= 0.6 is 0 Å². The molecule has 4 N–H and O–H groups in total. The average Bonchev–Trinajstić information content (AvgIpc) is 2.54. The van der Waals surface area contributed by atoms with E-state index in [1.54, 1.807) is 6.92 Å². The van der Waals surface area contributed by atoms with Gasteiger partial charge in [0.25, 0.3) is 0 Å². The number of Topliss-reactive ketones (excluding diaryl/α,β-unsaturated/α-hetero) is 1. The van der Waals surface area contributed by atoms with Crippen molar-refractivity contribution < 1.29 is 9.59 Å². The second-order valence-electron chi connectivity index (χ2n) is 6.35. The van der Waals surface area contributed by atoms with E-state index < -0.39 is 6.04 Å². The van der Waals surface area contributed by atoms with Gasteiger partial charge in [-0.2, -0.15) is 0 Å². The van der Waals surface area contributed by atoms with Crippen LogP contribution in [0.1, 0.15) is 43.6 Å². The molecule has 1 aliphatic heterocycles. The number of nitrogen functional groups attached to an aromatic ring is 1. The second kappa shape index (κ2) is 7.50. The number of amides is 1. The van der Waals surface area contributed by atoms with Crippen molar-refractivity contribution in [3.63, 3.8) is 0 Å². The lowest BCUT2D eigenvalue weighted by Gasteiger charge is -2.35. The summed E-state index contributed by atoms with van der Waals surface area (Å²) in [4.78, 5) is 34.0. The lowest BCUT2D eigenvalue weighted by molar-refractivity contribution is -0.133. The number of nitrogens with two attached hydrogens (primary N) is 2.